The van der Waals surface area contributed by atoms with Crippen LogP contribution in [0.15, 0.2) is 30.3 Å². The highest BCUT2D eigenvalue weighted by atomic mass is 16.4. The van der Waals surface area contributed by atoms with Gasteiger partial charge in [0.25, 0.3) is 0 Å². The van der Waals surface area contributed by atoms with Crippen molar-refractivity contribution in [2.24, 2.45) is 0 Å². The first kappa shape index (κ1) is 15.5. The van der Waals surface area contributed by atoms with Gasteiger partial charge >= 0.3 is 5.97 Å². The molecule has 1 atom stereocenters. The Morgan fingerprint density at radius 3 is 2.62 bits per heavy atom. The van der Waals surface area contributed by atoms with Crippen LogP contribution in [0.2, 0.25) is 0 Å². The second-order valence-corrected chi connectivity index (χ2v) is 6.11. The topological polar surface area (TPSA) is 69.6 Å². The van der Waals surface area contributed by atoms with Crippen molar-refractivity contribution in [1.29, 1.82) is 0 Å². The Kier molecular flexibility index (Phi) is 4.63. The molecule has 0 spiro atoms. The second-order valence-electron chi connectivity index (χ2n) is 6.11. The first-order valence-corrected chi connectivity index (χ1v) is 7.19. The lowest BCUT2D eigenvalue weighted by molar-refractivity contribution is -0.142. The van der Waals surface area contributed by atoms with Crippen molar-refractivity contribution in [2.75, 3.05) is 19.6 Å². The van der Waals surface area contributed by atoms with Crippen molar-refractivity contribution in [3.8, 4) is 0 Å². The van der Waals surface area contributed by atoms with Crippen LogP contribution in [0.4, 0.5) is 0 Å². The summed E-state index contributed by atoms with van der Waals surface area (Å²) in [6.45, 7) is 5.40. The van der Waals surface area contributed by atoms with Gasteiger partial charge in [0.1, 0.15) is 6.04 Å². The lowest BCUT2D eigenvalue weighted by atomic mass is 9.81. The number of hydrogen-bond donors (Lipinski definition) is 2. The van der Waals surface area contributed by atoms with E-state index in [1.54, 1.807) is 4.90 Å². The smallest absolute Gasteiger partial charge is 0.322 e. The molecule has 1 aromatic carbocycles. The van der Waals surface area contributed by atoms with Gasteiger partial charge in [-0.05, 0) is 11.0 Å². The fraction of sp³-hybridized carbons (Fsp3) is 0.500. The highest BCUT2D eigenvalue weighted by Crippen LogP contribution is 2.27. The number of carbonyl (C=O) groups is 2. The zero-order chi connectivity index (χ0) is 15.5. The molecule has 1 fully saturated rings. The van der Waals surface area contributed by atoms with E-state index in [1.165, 1.54) is 0 Å². The number of carboxylic acids is 1. The number of hydrogen-bond acceptors (Lipinski definition) is 3. The summed E-state index contributed by atoms with van der Waals surface area (Å²) in [4.78, 5) is 25.1. The lowest BCUT2D eigenvalue weighted by Crippen LogP contribution is -2.56. The van der Waals surface area contributed by atoms with Crippen molar-refractivity contribution in [1.82, 2.24) is 10.2 Å². The molecule has 1 heterocycles. The van der Waals surface area contributed by atoms with Crippen LogP contribution >= 0.6 is 0 Å². The summed E-state index contributed by atoms with van der Waals surface area (Å²) < 4.78 is 0. The monoisotopic (exact) mass is 290 g/mol. The number of nitrogens with zero attached hydrogens (tertiary/aromatic N) is 1. The van der Waals surface area contributed by atoms with E-state index in [4.69, 9.17) is 5.11 Å². The standard InChI is InChI=1S/C16H22N2O3/c1-16(2,12-6-4-3-5-7-12)10-14(19)18-9-8-17-13(11-18)15(20)21/h3-7,13,17H,8-11H2,1-2H3,(H,20,21)/t13-/m1/s1. The summed E-state index contributed by atoms with van der Waals surface area (Å²) in [6.07, 6.45) is 0.378. The third kappa shape index (κ3) is 3.82. The van der Waals surface area contributed by atoms with E-state index in [1.807, 2.05) is 44.2 Å². The van der Waals surface area contributed by atoms with Gasteiger partial charge in [0.15, 0.2) is 0 Å². The van der Waals surface area contributed by atoms with Crippen molar-refractivity contribution in [2.45, 2.75) is 31.7 Å². The molecule has 0 aromatic heterocycles. The zero-order valence-electron chi connectivity index (χ0n) is 12.5. The number of aliphatic carboxylic acids is 1. The Labute approximate surface area is 125 Å². The normalized spacial score (nSPS) is 19.3. The summed E-state index contributed by atoms with van der Waals surface area (Å²) >= 11 is 0. The largest absolute Gasteiger partial charge is 0.480 e. The van der Waals surface area contributed by atoms with E-state index in [2.05, 4.69) is 5.32 Å². The maximum Gasteiger partial charge on any atom is 0.322 e. The average molecular weight is 290 g/mol. The predicted molar refractivity (Wildman–Crippen MR) is 80.1 cm³/mol. The molecule has 0 saturated carbocycles. The summed E-state index contributed by atoms with van der Waals surface area (Å²) in [6, 6.07) is 9.26. The molecule has 1 aliphatic heterocycles. The Balaban J connectivity index is 2.02. The third-order valence-electron chi connectivity index (χ3n) is 3.97. The van der Waals surface area contributed by atoms with Gasteiger partial charge in [-0.1, -0.05) is 44.2 Å². The van der Waals surface area contributed by atoms with Gasteiger partial charge in [-0.25, -0.2) is 0 Å². The van der Waals surface area contributed by atoms with Crippen molar-refractivity contribution >= 4 is 11.9 Å². The fourth-order valence-electron chi connectivity index (χ4n) is 2.62. The maximum atomic E-state index is 12.5. The van der Waals surface area contributed by atoms with Crippen molar-refractivity contribution in [3.05, 3.63) is 35.9 Å². The van der Waals surface area contributed by atoms with E-state index >= 15 is 0 Å². The van der Waals surface area contributed by atoms with E-state index < -0.39 is 12.0 Å². The molecule has 1 aliphatic rings. The molecule has 5 heteroatoms. The van der Waals surface area contributed by atoms with Gasteiger partial charge in [-0.2, -0.15) is 0 Å². The van der Waals surface area contributed by atoms with Crippen LogP contribution in [0.3, 0.4) is 0 Å². The van der Waals surface area contributed by atoms with Crippen LogP contribution in [0.25, 0.3) is 0 Å². The molecule has 0 aliphatic carbocycles. The van der Waals surface area contributed by atoms with Crippen LogP contribution in [-0.2, 0) is 15.0 Å². The number of piperazine rings is 1. The SMILES string of the molecule is CC(C)(CC(=O)N1CCN[C@@H](C(=O)O)C1)c1ccccc1. The van der Waals surface area contributed by atoms with Gasteiger partial charge in [0, 0.05) is 26.1 Å². The maximum absolute atomic E-state index is 12.5. The lowest BCUT2D eigenvalue weighted by Gasteiger charge is -2.34. The highest BCUT2D eigenvalue weighted by Gasteiger charge is 2.31. The third-order valence-corrected chi connectivity index (χ3v) is 3.97. The number of carbonyl (C=O) groups excluding carboxylic acids is 1. The number of rotatable bonds is 4. The van der Waals surface area contributed by atoms with Crippen LogP contribution in [0, 0.1) is 0 Å². The summed E-state index contributed by atoms with van der Waals surface area (Å²) in [5.41, 5.74) is 0.852. The first-order valence-electron chi connectivity index (χ1n) is 7.19. The molecule has 5 nitrogen and oxygen atoms in total. The van der Waals surface area contributed by atoms with Gasteiger partial charge in [-0.3, -0.25) is 9.59 Å². The fourth-order valence-corrected chi connectivity index (χ4v) is 2.62. The molecule has 1 amide bonds. The van der Waals surface area contributed by atoms with E-state index in [0.29, 0.717) is 19.5 Å². The number of carboxylic acid groups (broad SMARTS) is 1. The van der Waals surface area contributed by atoms with Gasteiger partial charge in [0.05, 0.1) is 0 Å². The molecular formula is C16H22N2O3. The average Bonchev–Trinajstić information content (AvgIpc) is 2.48. The number of amides is 1. The molecule has 114 valence electrons. The Hall–Kier alpha value is -1.88. The Bertz CT molecular complexity index is 514. The number of nitrogens with one attached hydrogen (secondary N) is 1. The molecule has 21 heavy (non-hydrogen) atoms. The minimum absolute atomic E-state index is 0.0107. The summed E-state index contributed by atoms with van der Waals surface area (Å²) in [7, 11) is 0. The van der Waals surface area contributed by atoms with Crippen molar-refractivity contribution in [3.63, 3.8) is 0 Å². The zero-order valence-corrected chi connectivity index (χ0v) is 12.5. The molecule has 1 saturated heterocycles. The first-order chi connectivity index (χ1) is 9.90. The van der Waals surface area contributed by atoms with Crippen LogP contribution in [-0.4, -0.2) is 47.6 Å². The minimum Gasteiger partial charge on any atom is -0.480 e. The molecule has 0 unspecified atom stereocenters. The van der Waals surface area contributed by atoms with Crippen LogP contribution < -0.4 is 5.32 Å². The summed E-state index contributed by atoms with van der Waals surface area (Å²) in [5.74, 6) is -0.897. The molecular weight excluding hydrogens is 268 g/mol. The molecule has 2 N–H and O–H groups in total. The van der Waals surface area contributed by atoms with E-state index in [-0.39, 0.29) is 17.9 Å². The van der Waals surface area contributed by atoms with Crippen LogP contribution in [0.1, 0.15) is 25.8 Å². The van der Waals surface area contributed by atoms with Gasteiger partial charge in [-0.15, -0.1) is 0 Å². The second kappa shape index (κ2) is 6.26. The minimum atomic E-state index is -0.908. The Morgan fingerprint density at radius 1 is 1.33 bits per heavy atom. The van der Waals surface area contributed by atoms with E-state index in [9.17, 15) is 9.59 Å². The van der Waals surface area contributed by atoms with Gasteiger partial charge < -0.3 is 15.3 Å². The predicted octanol–water partition coefficient (Wildman–Crippen LogP) is 1.24. The molecule has 2 rings (SSSR count). The Morgan fingerprint density at radius 2 is 2.00 bits per heavy atom. The molecule has 0 radical (unpaired) electrons. The highest BCUT2D eigenvalue weighted by molar-refractivity contribution is 5.80. The quantitative estimate of drug-likeness (QED) is 0.875. The molecule has 1 aromatic rings. The molecule has 0 bridgehead atoms. The van der Waals surface area contributed by atoms with Crippen molar-refractivity contribution < 1.29 is 14.7 Å². The van der Waals surface area contributed by atoms with Gasteiger partial charge in [0.2, 0.25) is 5.91 Å². The number of benzene rings is 1. The summed E-state index contributed by atoms with van der Waals surface area (Å²) in [5, 5.41) is 12.0. The van der Waals surface area contributed by atoms with E-state index in [0.717, 1.165) is 5.56 Å². The van der Waals surface area contributed by atoms with Crippen LogP contribution in [0.5, 0.6) is 0 Å².